The van der Waals surface area contributed by atoms with E-state index in [1.165, 1.54) is 5.56 Å². The molecule has 0 aliphatic rings. The van der Waals surface area contributed by atoms with E-state index in [2.05, 4.69) is 52.9 Å². The lowest BCUT2D eigenvalue weighted by atomic mass is 10.1. The highest BCUT2D eigenvalue weighted by Crippen LogP contribution is 2.19. The van der Waals surface area contributed by atoms with Crippen LogP contribution in [0.25, 0.3) is 0 Å². The molecule has 0 aliphatic heterocycles. The number of nitrogens with one attached hydrogen (secondary N) is 1. The zero-order valence-corrected chi connectivity index (χ0v) is 14.5. The minimum absolute atomic E-state index is 0.0727. The van der Waals surface area contributed by atoms with Crippen molar-refractivity contribution in [3.05, 3.63) is 29.8 Å². The second-order valence-corrected chi connectivity index (χ2v) is 7.02. The normalized spacial score (nSPS) is 12.5. The van der Waals surface area contributed by atoms with Crippen LogP contribution in [0.5, 0.6) is 5.75 Å². The van der Waals surface area contributed by atoms with E-state index < -0.39 is 0 Å². The van der Waals surface area contributed by atoms with E-state index in [1.54, 1.807) is 0 Å². The molecule has 1 aromatic rings. The summed E-state index contributed by atoms with van der Waals surface area (Å²) in [6.45, 7) is 14.8. The lowest BCUT2D eigenvalue weighted by molar-refractivity contribution is -0.0318. The predicted molar refractivity (Wildman–Crippen MR) is 88.9 cm³/mol. The van der Waals surface area contributed by atoms with Crippen molar-refractivity contribution in [2.24, 2.45) is 0 Å². The molecule has 1 aromatic carbocycles. The average molecular weight is 293 g/mol. The molecule has 3 nitrogen and oxygen atoms in total. The third-order valence-corrected chi connectivity index (χ3v) is 3.47. The quantitative estimate of drug-likeness (QED) is 0.730. The van der Waals surface area contributed by atoms with Crippen LogP contribution in [0.4, 0.5) is 0 Å². The Morgan fingerprint density at radius 1 is 1.00 bits per heavy atom. The Morgan fingerprint density at radius 3 is 2.29 bits per heavy atom. The molecule has 0 amide bonds. The van der Waals surface area contributed by atoms with Gasteiger partial charge in [0.25, 0.3) is 0 Å². The molecule has 3 heteroatoms. The Hall–Kier alpha value is -1.06. The average Bonchev–Trinajstić information content (AvgIpc) is 2.41. The minimum atomic E-state index is -0.0727. The van der Waals surface area contributed by atoms with E-state index in [0.717, 1.165) is 18.7 Å². The van der Waals surface area contributed by atoms with Crippen LogP contribution < -0.4 is 10.1 Å². The number of para-hydroxylation sites is 1. The SMILES string of the molecule is CCC(C)(C)OCCOc1ccccc1CNC(C)(C)C. The van der Waals surface area contributed by atoms with Gasteiger partial charge in [0.15, 0.2) is 0 Å². The van der Waals surface area contributed by atoms with Crippen molar-refractivity contribution in [3.63, 3.8) is 0 Å². The Morgan fingerprint density at radius 2 is 1.67 bits per heavy atom. The molecule has 0 saturated carbocycles. The molecular weight excluding hydrogens is 262 g/mol. The number of hydrogen-bond donors (Lipinski definition) is 1. The van der Waals surface area contributed by atoms with Crippen LogP contribution in [0.3, 0.4) is 0 Å². The van der Waals surface area contributed by atoms with E-state index in [-0.39, 0.29) is 11.1 Å². The van der Waals surface area contributed by atoms with Gasteiger partial charge in [-0.2, -0.15) is 0 Å². The molecule has 1 rings (SSSR count). The van der Waals surface area contributed by atoms with Gasteiger partial charge in [-0.15, -0.1) is 0 Å². The maximum Gasteiger partial charge on any atom is 0.123 e. The van der Waals surface area contributed by atoms with Crippen LogP contribution >= 0.6 is 0 Å². The summed E-state index contributed by atoms with van der Waals surface area (Å²) < 4.78 is 11.7. The minimum Gasteiger partial charge on any atom is -0.491 e. The fourth-order valence-corrected chi connectivity index (χ4v) is 1.72. The van der Waals surface area contributed by atoms with Crippen molar-refractivity contribution >= 4 is 0 Å². The first-order valence-corrected chi connectivity index (χ1v) is 7.83. The highest BCUT2D eigenvalue weighted by molar-refractivity contribution is 5.33. The van der Waals surface area contributed by atoms with Gasteiger partial charge in [0.05, 0.1) is 12.2 Å². The standard InChI is InChI=1S/C18H31NO2/c1-7-18(5,6)21-13-12-20-16-11-9-8-10-15(16)14-19-17(2,3)4/h8-11,19H,7,12-14H2,1-6H3. The Bertz CT molecular complexity index is 421. The van der Waals surface area contributed by atoms with Gasteiger partial charge in [-0.25, -0.2) is 0 Å². The van der Waals surface area contributed by atoms with Gasteiger partial charge in [0, 0.05) is 17.6 Å². The molecule has 0 aliphatic carbocycles. The van der Waals surface area contributed by atoms with E-state index >= 15 is 0 Å². The fraction of sp³-hybridized carbons (Fsp3) is 0.667. The highest BCUT2D eigenvalue weighted by Gasteiger charge is 2.15. The van der Waals surface area contributed by atoms with Crippen LogP contribution in [0, 0.1) is 0 Å². The van der Waals surface area contributed by atoms with Gasteiger partial charge >= 0.3 is 0 Å². The summed E-state index contributed by atoms with van der Waals surface area (Å²) in [4.78, 5) is 0. The molecule has 0 aromatic heterocycles. The molecule has 21 heavy (non-hydrogen) atoms. The van der Waals surface area contributed by atoms with Crippen molar-refractivity contribution in [1.29, 1.82) is 0 Å². The number of benzene rings is 1. The Kier molecular flexibility index (Phi) is 6.69. The first-order chi connectivity index (χ1) is 9.73. The third-order valence-electron chi connectivity index (χ3n) is 3.47. The first kappa shape index (κ1) is 18.0. The van der Waals surface area contributed by atoms with E-state index in [4.69, 9.17) is 9.47 Å². The molecule has 1 N–H and O–H groups in total. The largest absolute Gasteiger partial charge is 0.491 e. The molecule has 0 heterocycles. The van der Waals surface area contributed by atoms with E-state index in [1.807, 2.05) is 18.2 Å². The molecule has 0 radical (unpaired) electrons. The second-order valence-electron chi connectivity index (χ2n) is 7.02. The van der Waals surface area contributed by atoms with E-state index in [9.17, 15) is 0 Å². The van der Waals surface area contributed by atoms with Crippen LogP contribution in [0.1, 0.15) is 53.5 Å². The summed E-state index contributed by atoms with van der Waals surface area (Å²) in [7, 11) is 0. The molecule has 0 spiro atoms. The first-order valence-electron chi connectivity index (χ1n) is 7.83. The molecule has 0 saturated heterocycles. The van der Waals surface area contributed by atoms with Crippen molar-refractivity contribution < 1.29 is 9.47 Å². The zero-order chi connectivity index (χ0) is 15.9. The molecule has 0 atom stereocenters. The summed E-state index contributed by atoms with van der Waals surface area (Å²) >= 11 is 0. The summed E-state index contributed by atoms with van der Waals surface area (Å²) in [5.74, 6) is 0.937. The monoisotopic (exact) mass is 293 g/mol. The number of hydrogen-bond acceptors (Lipinski definition) is 3. The molecule has 0 bridgehead atoms. The van der Waals surface area contributed by atoms with Crippen molar-refractivity contribution in [2.45, 2.75) is 65.6 Å². The summed E-state index contributed by atoms with van der Waals surface area (Å²) in [5, 5.41) is 3.49. The van der Waals surface area contributed by atoms with Gasteiger partial charge in [-0.05, 0) is 47.1 Å². The summed E-state index contributed by atoms with van der Waals surface area (Å²) in [6, 6.07) is 8.17. The van der Waals surface area contributed by atoms with Gasteiger partial charge < -0.3 is 14.8 Å². The molecule has 0 unspecified atom stereocenters. The van der Waals surface area contributed by atoms with Crippen molar-refractivity contribution in [3.8, 4) is 5.75 Å². The van der Waals surface area contributed by atoms with Crippen molar-refractivity contribution in [2.75, 3.05) is 13.2 Å². The smallest absolute Gasteiger partial charge is 0.123 e. The van der Waals surface area contributed by atoms with Crippen LogP contribution in [0.2, 0.25) is 0 Å². The molecular formula is C18H31NO2. The van der Waals surface area contributed by atoms with E-state index in [0.29, 0.717) is 13.2 Å². The topological polar surface area (TPSA) is 30.5 Å². The van der Waals surface area contributed by atoms with Crippen LogP contribution in [-0.4, -0.2) is 24.4 Å². The Labute approximate surface area is 130 Å². The van der Waals surface area contributed by atoms with Gasteiger partial charge in [-0.1, -0.05) is 25.1 Å². The summed E-state index contributed by atoms with van der Waals surface area (Å²) in [6.07, 6.45) is 0.999. The maximum atomic E-state index is 5.88. The van der Waals surface area contributed by atoms with Gasteiger partial charge in [0.1, 0.15) is 12.4 Å². The fourth-order valence-electron chi connectivity index (χ4n) is 1.72. The zero-order valence-electron chi connectivity index (χ0n) is 14.5. The molecule has 120 valence electrons. The van der Waals surface area contributed by atoms with Crippen LogP contribution in [-0.2, 0) is 11.3 Å². The van der Waals surface area contributed by atoms with Crippen molar-refractivity contribution in [1.82, 2.24) is 5.32 Å². The summed E-state index contributed by atoms with van der Waals surface area (Å²) in [5.41, 5.74) is 1.21. The number of rotatable bonds is 8. The third kappa shape index (κ3) is 7.49. The lowest BCUT2D eigenvalue weighted by Crippen LogP contribution is -2.35. The highest BCUT2D eigenvalue weighted by atomic mass is 16.5. The molecule has 0 fully saturated rings. The second kappa shape index (κ2) is 7.81. The van der Waals surface area contributed by atoms with Gasteiger partial charge in [-0.3, -0.25) is 0 Å². The Balaban J connectivity index is 2.48. The number of ether oxygens (including phenoxy) is 2. The predicted octanol–water partition coefficient (Wildman–Crippen LogP) is 4.16. The maximum absolute atomic E-state index is 5.88. The van der Waals surface area contributed by atoms with Crippen LogP contribution in [0.15, 0.2) is 24.3 Å². The van der Waals surface area contributed by atoms with Gasteiger partial charge in [0.2, 0.25) is 0 Å². The lowest BCUT2D eigenvalue weighted by Gasteiger charge is -2.24.